The average molecular weight is 904 g/mol. The van der Waals surface area contributed by atoms with E-state index in [0.29, 0.717) is 0 Å². The van der Waals surface area contributed by atoms with Crippen molar-refractivity contribution in [3.05, 3.63) is 155 Å². The molecule has 69 heavy (non-hydrogen) atoms. The molecule has 0 unspecified atom stereocenters. The molecule has 3 aromatic heterocycles. The standard InChI is InChI=1S/C64H66BN3O/c1-60(2,3)37-21-25-43(26-22-37)67-52-36-41(64(13,14)15)33-46-47-34-40(63(10,11)12)35-49-54-51(68(57(47)49)65(55(46)52)56-48-32-39(62(7,8)9)24-30-53(48)69-59(56)67)29-27-44-45-31-38(61(4,5)6)23-28-50(45)66(58(44)54)42-19-17-16-18-20-42/h16-36H,1-15H3. The minimum atomic E-state index is -0.173. The molecule has 2 aliphatic heterocycles. The number of anilines is 3. The first kappa shape index (κ1) is 43.8. The molecule has 2 aliphatic rings. The Bertz CT molecular complexity index is 3790. The van der Waals surface area contributed by atoms with Crippen molar-refractivity contribution in [2.45, 2.75) is 131 Å². The quantitative estimate of drug-likeness (QED) is 0.162. The van der Waals surface area contributed by atoms with E-state index in [1.165, 1.54) is 110 Å². The lowest BCUT2D eigenvalue weighted by Crippen LogP contribution is -2.56. The van der Waals surface area contributed by atoms with Gasteiger partial charge in [0.1, 0.15) is 5.58 Å². The monoisotopic (exact) mass is 904 g/mol. The molecule has 4 nitrogen and oxygen atoms in total. The maximum Gasteiger partial charge on any atom is 0.337 e. The van der Waals surface area contributed by atoms with Crippen LogP contribution >= 0.6 is 0 Å². The van der Waals surface area contributed by atoms with Crippen molar-refractivity contribution >= 4 is 89.6 Å². The molecule has 0 saturated heterocycles. The topological polar surface area (TPSA) is 26.2 Å². The Morgan fingerprint density at radius 2 is 0.957 bits per heavy atom. The third-order valence-electron chi connectivity index (χ3n) is 15.7. The molecule has 0 fully saturated rings. The summed E-state index contributed by atoms with van der Waals surface area (Å²) in [5.74, 6) is 0.896. The molecule has 0 radical (unpaired) electrons. The lowest BCUT2D eigenvalue weighted by Gasteiger charge is -2.39. The van der Waals surface area contributed by atoms with Gasteiger partial charge in [-0.3, -0.25) is 4.90 Å². The molecule has 0 atom stereocenters. The molecule has 0 spiro atoms. The van der Waals surface area contributed by atoms with E-state index in [1.807, 2.05) is 0 Å². The fourth-order valence-electron chi connectivity index (χ4n) is 11.6. The summed E-state index contributed by atoms with van der Waals surface area (Å²) in [6, 6.07) is 49.4. The summed E-state index contributed by atoms with van der Waals surface area (Å²) in [4.78, 5) is 2.46. The highest BCUT2D eigenvalue weighted by molar-refractivity contribution is 6.91. The second-order valence-electron chi connectivity index (χ2n) is 25.6. The summed E-state index contributed by atoms with van der Waals surface area (Å²) in [6.45, 7) is 34.8. The second kappa shape index (κ2) is 14.1. The SMILES string of the molecule is CC(C)(C)c1ccc(N2c3cc(C(C)(C)C)cc4c3B(c3c2oc2ccc(C(C)(C)C)cc32)n2c3ccc5c6cc(C(C)(C)C)ccc6n(-c6ccccc6)c5c3c3cc(C(C)(C)C)cc-4c32)cc1. The molecule has 5 heterocycles. The van der Waals surface area contributed by atoms with Crippen LogP contribution in [-0.4, -0.2) is 15.9 Å². The maximum absolute atomic E-state index is 7.37. The van der Waals surface area contributed by atoms with Crippen LogP contribution in [0.2, 0.25) is 0 Å². The van der Waals surface area contributed by atoms with Crippen molar-refractivity contribution in [2.24, 2.45) is 0 Å². The highest BCUT2D eigenvalue weighted by Crippen LogP contribution is 2.51. The lowest BCUT2D eigenvalue weighted by molar-refractivity contribution is 0.588. The summed E-state index contributed by atoms with van der Waals surface area (Å²) < 4.78 is 12.7. The van der Waals surface area contributed by atoms with Crippen LogP contribution in [0.3, 0.4) is 0 Å². The molecule has 346 valence electrons. The van der Waals surface area contributed by atoms with Gasteiger partial charge < -0.3 is 13.5 Å². The van der Waals surface area contributed by atoms with Gasteiger partial charge in [-0.2, -0.15) is 0 Å². The molecule has 0 saturated carbocycles. The zero-order chi connectivity index (χ0) is 48.6. The molecule has 0 aliphatic carbocycles. The van der Waals surface area contributed by atoms with E-state index in [0.717, 1.165) is 17.2 Å². The summed E-state index contributed by atoms with van der Waals surface area (Å²) in [5.41, 5.74) is 20.8. The van der Waals surface area contributed by atoms with Crippen LogP contribution in [0.15, 0.2) is 132 Å². The smallest absolute Gasteiger partial charge is 0.337 e. The normalized spacial score (nSPS) is 14.2. The number of para-hydroxylation sites is 1. The lowest BCUT2D eigenvalue weighted by atomic mass is 9.45. The van der Waals surface area contributed by atoms with E-state index in [1.54, 1.807) is 0 Å². The Balaban J connectivity index is 1.30. The van der Waals surface area contributed by atoms with E-state index in [9.17, 15) is 0 Å². The average Bonchev–Trinajstić information content (AvgIpc) is 3.94. The van der Waals surface area contributed by atoms with Crippen LogP contribution in [0, 0.1) is 0 Å². The number of hydrogen-bond acceptors (Lipinski definition) is 2. The second-order valence-corrected chi connectivity index (χ2v) is 25.6. The number of hydrogen-bond donors (Lipinski definition) is 0. The molecular weight excluding hydrogens is 838 g/mol. The Hall–Kier alpha value is -6.46. The molecule has 5 heteroatoms. The van der Waals surface area contributed by atoms with E-state index in [4.69, 9.17) is 4.42 Å². The Kier molecular flexibility index (Phi) is 8.94. The van der Waals surface area contributed by atoms with Gasteiger partial charge in [-0.25, -0.2) is 0 Å². The fraction of sp³-hybridized carbons (Fsp3) is 0.312. The zero-order valence-corrected chi connectivity index (χ0v) is 43.5. The van der Waals surface area contributed by atoms with Crippen LogP contribution in [0.5, 0.6) is 0 Å². The van der Waals surface area contributed by atoms with Crippen LogP contribution in [0.1, 0.15) is 132 Å². The number of benzene rings is 7. The first-order valence-electron chi connectivity index (χ1n) is 25.2. The van der Waals surface area contributed by atoms with E-state index >= 15 is 0 Å². The third-order valence-corrected chi connectivity index (χ3v) is 15.7. The fourth-order valence-corrected chi connectivity index (χ4v) is 11.6. The van der Waals surface area contributed by atoms with Crippen LogP contribution in [0.25, 0.3) is 71.4 Å². The summed E-state index contributed by atoms with van der Waals surface area (Å²) >= 11 is 0. The first-order chi connectivity index (χ1) is 32.4. The maximum atomic E-state index is 7.37. The Labute approximate surface area is 409 Å². The Morgan fingerprint density at radius 3 is 1.59 bits per heavy atom. The van der Waals surface area contributed by atoms with Crippen molar-refractivity contribution in [3.8, 4) is 16.8 Å². The third kappa shape index (κ3) is 6.41. The predicted molar refractivity (Wildman–Crippen MR) is 298 cm³/mol. The van der Waals surface area contributed by atoms with Crippen LogP contribution < -0.4 is 15.8 Å². The number of rotatable bonds is 2. The summed E-state index contributed by atoms with van der Waals surface area (Å²) in [7, 11) is 0. The first-order valence-corrected chi connectivity index (χ1v) is 25.2. The van der Waals surface area contributed by atoms with Crippen molar-refractivity contribution in [3.63, 3.8) is 0 Å². The van der Waals surface area contributed by atoms with Crippen molar-refractivity contribution in [1.82, 2.24) is 9.05 Å². The van der Waals surface area contributed by atoms with E-state index in [2.05, 4.69) is 245 Å². The minimum Gasteiger partial charge on any atom is -0.440 e. The molecule has 7 aromatic carbocycles. The molecule has 10 aromatic rings. The number of furan rings is 1. The number of nitrogens with zero attached hydrogens (tertiary/aromatic N) is 3. The Morgan fingerprint density at radius 1 is 0.406 bits per heavy atom. The molecular formula is C64H66BN3O. The van der Waals surface area contributed by atoms with Crippen molar-refractivity contribution < 1.29 is 4.42 Å². The highest BCUT2D eigenvalue weighted by Gasteiger charge is 2.47. The molecule has 12 rings (SSSR count). The van der Waals surface area contributed by atoms with Gasteiger partial charge in [-0.05, 0) is 139 Å². The molecule has 0 bridgehead atoms. The van der Waals surface area contributed by atoms with E-state index in [-0.39, 0.29) is 33.9 Å². The van der Waals surface area contributed by atoms with Crippen LogP contribution in [-0.2, 0) is 27.1 Å². The van der Waals surface area contributed by atoms with Gasteiger partial charge in [0.15, 0.2) is 0 Å². The summed E-state index contributed by atoms with van der Waals surface area (Å²) in [5, 5.41) is 6.33. The largest absolute Gasteiger partial charge is 0.440 e. The molecule has 0 amide bonds. The van der Waals surface area contributed by atoms with Gasteiger partial charge in [0, 0.05) is 66.1 Å². The van der Waals surface area contributed by atoms with Gasteiger partial charge in [-0.15, -0.1) is 0 Å². The predicted octanol–water partition coefficient (Wildman–Crippen LogP) is 16.5. The number of aromatic nitrogens is 2. The van der Waals surface area contributed by atoms with Gasteiger partial charge in [0.05, 0.1) is 11.0 Å². The minimum absolute atomic E-state index is 0.00155. The van der Waals surface area contributed by atoms with Gasteiger partial charge in [0.25, 0.3) is 0 Å². The van der Waals surface area contributed by atoms with Gasteiger partial charge in [-0.1, -0.05) is 158 Å². The van der Waals surface area contributed by atoms with Crippen LogP contribution in [0.4, 0.5) is 17.3 Å². The van der Waals surface area contributed by atoms with Crippen molar-refractivity contribution in [2.75, 3.05) is 4.90 Å². The summed E-state index contributed by atoms with van der Waals surface area (Å²) in [6.07, 6.45) is 0. The molecule has 0 N–H and O–H groups in total. The van der Waals surface area contributed by atoms with E-state index < -0.39 is 0 Å². The van der Waals surface area contributed by atoms with Gasteiger partial charge >= 0.3 is 6.85 Å². The number of fused-ring (bicyclic) bond motifs is 13. The van der Waals surface area contributed by atoms with Gasteiger partial charge in [0.2, 0.25) is 5.88 Å². The van der Waals surface area contributed by atoms with Crippen molar-refractivity contribution in [1.29, 1.82) is 0 Å². The zero-order valence-electron chi connectivity index (χ0n) is 43.5. The highest BCUT2D eigenvalue weighted by atomic mass is 16.4.